The van der Waals surface area contributed by atoms with Crippen LogP contribution < -0.4 is 5.73 Å². The Bertz CT molecular complexity index is 562. The maximum absolute atomic E-state index is 6.00. The van der Waals surface area contributed by atoms with Crippen LogP contribution >= 0.6 is 0 Å². The van der Waals surface area contributed by atoms with E-state index in [1.807, 2.05) is 28.9 Å². The fourth-order valence-electron chi connectivity index (χ4n) is 2.48. The molecule has 1 aromatic carbocycles. The minimum Gasteiger partial charge on any atom is -0.398 e. The van der Waals surface area contributed by atoms with Gasteiger partial charge in [0.15, 0.2) is 5.82 Å². The SMILES string of the molecule is CC(C1CCOC1)n1nnnc1-c1ccccc1N. The van der Waals surface area contributed by atoms with Gasteiger partial charge in [0.05, 0.1) is 12.6 Å². The van der Waals surface area contributed by atoms with E-state index in [2.05, 4.69) is 22.4 Å². The van der Waals surface area contributed by atoms with E-state index in [1.165, 1.54) is 0 Å². The molecule has 2 N–H and O–H groups in total. The number of tetrazole rings is 1. The highest BCUT2D eigenvalue weighted by atomic mass is 16.5. The Labute approximate surface area is 111 Å². The summed E-state index contributed by atoms with van der Waals surface area (Å²) in [6.07, 6.45) is 1.05. The zero-order chi connectivity index (χ0) is 13.2. The van der Waals surface area contributed by atoms with Gasteiger partial charge in [-0.05, 0) is 35.9 Å². The zero-order valence-corrected chi connectivity index (χ0v) is 10.9. The van der Waals surface area contributed by atoms with Gasteiger partial charge < -0.3 is 10.5 Å². The standard InChI is InChI=1S/C13H17N5O/c1-9(10-6-7-19-8-10)18-13(15-16-17-18)11-4-2-3-5-12(11)14/h2-5,9-10H,6-8,14H2,1H3. The Balaban J connectivity index is 1.96. The second kappa shape index (κ2) is 4.97. The van der Waals surface area contributed by atoms with Crippen molar-refractivity contribution >= 4 is 5.69 Å². The topological polar surface area (TPSA) is 78.8 Å². The molecule has 0 radical (unpaired) electrons. The van der Waals surface area contributed by atoms with Crippen LogP contribution in [0.3, 0.4) is 0 Å². The summed E-state index contributed by atoms with van der Waals surface area (Å²) < 4.78 is 7.29. The Hall–Kier alpha value is -1.95. The number of nitrogen functional groups attached to an aromatic ring is 1. The Morgan fingerprint density at radius 2 is 2.26 bits per heavy atom. The van der Waals surface area contributed by atoms with Gasteiger partial charge in [0.2, 0.25) is 0 Å². The van der Waals surface area contributed by atoms with E-state index in [0.29, 0.717) is 11.6 Å². The van der Waals surface area contributed by atoms with Crippen LogP contribution in [0.25, 0.3) is 11.4 Å². The lowest BCUT2D eigenvalue weighted by atomic mass is 10.0. The third-order valence-electron chi connectivity index (χ3n) is 3.73. The van der Waals surface area contributed by atoms with Crippen molar-refractivity contribution in [3.05, 3.63) is 24.3 Å². The molecule has 6 heteroatoms. The van der Waals surface area contributed by atoms with E-state index >= 15 is 0 Å². The van der Waals surface area contributed by atoms with Gasteiger partial charge in [0, 0.05) is 23.8 Å². The minimum absolute atomic E-state index is 0.201. The number of hydrogen-bond donors (Lipinski definition) is 1. The molecule has 1 aromatic heterocycles. The van der Waals surface area contributed by atoms with Crippen LogP contribution in [0.5, 0.6) is 0 Å². The summed E-state index contributed by atoms with van der Waals surface area (Å²) in [5.74, 6) is 1.17. The number of benzene rings is 1. The van der Waals surface area contributed by atoms with Crippen LogP contribution in [0, 0.1) is 5.92 Å². The van der Waals surface area contributed by atoms with Crippen molar-refractivity contribution in [1.82, 2.24) is 20.2 Å². The fourth-order valence-corrected chi connectivity index (χ4v) is 2.48. The second-order valence-corrected chi connectivity index (χ2v) is 4.90. The lowest BCUT2D eigenvalue weighted by Gasteiger charge is -2.19. The minimum atomic E-state index is 0.201. The highest BCUT2D eigenvalue weighted by Gasteiger charge is 2.27. The first-order valence-electron chi connectivity index (χ1n) is 6.48. The van der Waals surface area contributed by atoms with Crippen LogP contribution in [-0.2, 0) is 4.74 Å². The van der Waals surface area contributed by atoms with E-state index in [-0.39, 0.29) is 6.04 Å². The molecular formula is C13H17N5O. The number of ether oxygens (including phenoxy) is 1. The van der Waals surface area contributed by atoms with Crippen molar-refractivity contribution in [2.45, 2.75) is 19.4 Å². The molecule has 6 nitrogen and oxygen atoms in total. The van der Waals surface area contributed by atoms with Gasteiger partial charge >= 0.3 is 0 Å². The zero-order valence-electron chi connectivity index (χ0n) is 10.9. The van der Waals surface area contributed by atoms with Gasteiger partial charge in [-0.25, -0.2) is 4.68 Å². The molecule has 100 valence electrons. The smallest absolute Gasteiger partial charge is 0.184 e. The molecule has 1 aliphatic heterocycles. The summed E-state index contributed by atoms with van der Waals surface area (Å²) in [7, 11) is 0. The quantitative estimate of drug-likeness (QED) is 0.845. The first kappa shape index (κ1) is 12.1. The van der Waals surface area contributed by atoms with E-state index < -0.39 is 0 Å². The molecule has 3 rings (SSSR count). The maximum Gasteiger partial charge on any atom is 0.184 e. The van der Waals surface area contributed by atoms with E-state index in [1.54, 1.807) is 0 Å². The molecule has 2 heterocycles. The van der Waals surface area contributed by atoms with Crippen molar-refractivity contribution in [2.24, 2.45) is 5.92 Å². The summed E-state index contributed by atoms with van der Waals surface area (Å²) in [5.41, 5.74) is 7.56. The van der Waals surface area contributed by atoms with Crippen LogP contribution in [0.4, 0.5) is 5.69 Å². The van der Waals surface area contributed by atoms with Crippen molar-refractivity contribution in [3.8, 4) is 11.4 Å². The largest absolute Gasteiger partial charge is 0.398 e. The molecule has 2 unspecified atom stereocenters. The Morgan fingerprint density at radius 3 is 3.00 bits per heavy atom. The Kier molecular flexibility index (Phi) is 3.16. The molecule has 1 saturated heterocycles. The summed E-state index contributed by atoms with van der Waals surface area (Å²) >= 11 is 0. The predicted octanol–water partition coefficient (Wildman–Crippen LogP) is 1.52. The van der Waals surface area contributed by atoms with Crippen LogP contribution in [0.2, 0.25) is 0 Å². The highest BCUT2D eigenvalue weighted by molar-refractivity contribution is 5.71. The van der Waals surface area contributed by atoms with Gasteiger partial charge in [0.25, 0.3) is 0 Å². The number of nitrogens with zero attached hydrogens (tertiary/aromatic N) is 4. The number of nitrogens with two attached hydrogens (primary N) is 1. The molecule has 1 aliphatic rings. The first-order chi connectivity index (χ1) is 9.27. The molecule has 0 amide bonds. The molecule has 2 atom stereocenters. The molecule has 0 bridgehead atoms. The first-order valence-corrected chi connectivity index (χ1v) is 6.48. The number of rotatable bonds is 3. The van der Waals surface area contributed by atoms with Gasteiger partial charge in [-0.3, -0.25) is 0 Å². The number of anilines is 1. The molecule has 19 heavy (non-hydrogen) atoms. The van der Waals surface area contributed by atoms with E-state index in [9.17, 15) is 0 Å². The average Bonchev–Trinajstić information content (AvgIpc) is 3.10. The third-order valence-corrected chi connectivity index (χ3v) is 3.73. The number of para-hydroxylation sites is 1. The number of hydrogen-bond acceptors (Lipinski definition) is 5. The number of aromatic nitrogens is 4. The van der Waals surface area contributed by atoms with Gasteiger partial charge in [0.1, 0.15) is 0 Å². The molecule has 0 saturated carbocycles. The van der Waals surface area contributed by atoms with E-state index in [4.69, 9.17) is 10.5 Å². The molecule has 2 aromatic rings. The second-order valence-electron chi connectivity index (χ2n) is 4.90. The summed E-state index contributed by atoms with van der Waals surface area (Å²) in [6.45, 7) is 3.71. The van der Waals surface area contributed by atoms with Crippen LogP contribution in [0.15, 0.2) is 24.3 Å². The predicted molar refractivity (Wildman–Crippen MR) is 71.3 cm³/mol. The fraction of sp³-hybridized carbons (Fsp3) is 0.462. The molecule has 1 fully saturated rings. The van der Waals surface area contributed by atoms with Crippen molar-refractivity contribution in [3.63, 3.8) is 0 Å². The van der Waals surface area contributed by atoms with Crippen molar-refractivity contribution in [1.29, 1.82) is 0 Å². The lowest BCUT2D eigenvalue weighted by molar-refractivity contribution is 0.173. The highest BCUT2D eigenvalue weighted by Crippen LogP contribution is 2.30. The van der Waals surface area contributed by atoms with Crippen molar-refractivity contribution in [2.75, 3.05) is 18.9 Å². The molecule has 0 spiro atoms. The summed E-state index contributed by atoms with van der Waals surface area (Å²) in [6, 6.07) is 7.84. The molecule has 0 aliphatic carbocycles. The maximum atomic E-state index is 6.00. The van der Waals surface area contributed by atoms with Crippen LogP contribution in [0.1, 0.15) is 19.4 Å². The third kappa shape index (κ3) is 2.19. The van der Waals surface area contributed by atoms with Gasteiger partial charge in [-0.15, -0.1) is 5.10 Å². The van der Waals surface area contributed by atoms with E-state index in [0.717, 1.165) is 31.0 Å². The summed E-state index contributed by atoms with van der Waals surface area (Å²) in [4.78, 5) is 0. The van der Waals surface area contributed by atoms with Crippen molar-refractivity contribution < 1.29 is 4.74 Å². The van der Waals surface area contributed by atoms with Gasteiger partial charge in [-0.2, -0.15) is 0 Å². The lowest BCUT2D eigenvalue weighted by Crippen LogP contribution is -2.19. The normalized spacial score (nSPS) is 20.6. The summed E-state index contributed by atoms with van der Waals surface area (Å²) in [5, 5.41) is 12.0. The molecular weight excluding hydrogens is 242 g/mol. The average molecular weight is 259 g/mol. The Morgan fingerprint density at radius 1 is 1.42 bits per heavy atom. The van der Waals surface area contributed by atoms with Crippen LogP contribution in [-0.4, -0.2) is 33.4 Å². The monoisotopic (exact) mass is 259 g/mol. The van der Waals surface area contributed by atoms with Gasteiger partial charge in [-0.1, -0.05) is 12.1 Å².